The lowest BCUT2D eigenvalue weighted by molar-refractivity contribution is 0.117. The first kappa shape index (κ1) is 13.7. The number of piperidine rings is 1. The van der Waals surface area contributed by atoms with Gasteiger partial charge in [-0.1, -0.05) is 18.2 Å². The summed E-state index contributed by atoms with van der Waals surface area (Å²) in [6, 6.07) is 10.8. The van der Waals surface area contributed by atoms with Crippen molar-refractivity contribution in [1.29, 1.82) is 0 Å². The molecule has 3 rings (SSSR count). The third-order valence-corrected chi connectivity index (χ3v) is 4.53. The SMILES string of the molecule is CC(c1cc2ccccc2o1)N1CCCC(CCN)C1. The summed E-state index contributed by atoms with van der Waals surface area (Å²) in [5.74, 6) is 1.83. The Labute approximate surface area is 120 Å². The van der Waals surface area contributed by atoms with E-state index >= 15 is 0 Å². The van der Waals surface area contributed by atoms with Gasteiger partial charge in [-0.25, -0.2) is 0 Å². The highest BCUT2D eigenvalue weighted by atomic mass is 16.3. The van der Waals surface area contributed by atoms with Crippen LogP contribution in [-0.2, 0) is 0 Å². The van der Waals surface area contributed by atoms with Crippen LogP contribution < -0.4 is 5.73 Å². The van der Waals surface area contributed by atoms with Crippen LogP contribution in [0, 0.1) is 5.92 Å². The summed E-state index contributed by atoms with van der Waals surface area (Å²) in [7, 11) is 0. The third-order valence-electron chi connectivity index (χ3n) is 4.53. The quantitative estimate of drug-likeness (QED) is 0.925. The van der Waals surface area contributed by atoms with Crippen LogP contribution in [0.25, 0.3) is 11.0 Å². The number of nitrogens with zero attached hydrogens (tertiary/aromatic N) is 1. The summed E-state index contributed by atoms with van der Waals surface area (Å²) in [5, 5.41) is 1.20. The fourth-order valence-electron chi connectivity index (χ4n) is 3.31. The minimum Gasteiger partial charge on any atom is -0.459 e. The van der Waals surface area contributed by atoms with Crippen LogP contribution in [0.3, 0.4) is 0 Å². The average Bonchev–Trinajstić information content (AvgIpc) is 2.91. The number of likely N-dealkylation sites (tertiary alicyclic amines) is 1. The van der Waals surface area contributed by atoms with Gasteiger partial charge in [0.1, 0.15) is 11.3 Å². The van der Waals surface area contributed by atoms with Gasteiger partial charge < -0.3 is 10.2 Å². The van der Waals surface area contributed by atoms with E-state index in [9.17, 15) is 0 Å². The van der Waals surface area contributed by atoms with Crippen molar-refractivity contribution in [2.75, 3.05) is 19.6 Å². The molecule has 1 fully saturated rings. The Kier molecular flexibility index (Phi) is 4.08. The first-order valence-electron chi connectivity index (χ1n) is 7.70. The Bertz CT molecular complexity index is 528. The van der Waals surface area contributed by atoms with Gasteiger partial charge in [0.25, 0.3) is 0 Å². The Balaban J connectivity index is 1.75. The zero-order valence-corrected chi connectivity index (χ0v) is 12.2. The van der Waals surface area contributed by atoms with Crippen molar-refractivity contribution in [3.05, 3.63) is 36.1 Å². The molecular weight excluding hydrogens is 248 g/mol. The predicted molar refractivity (Wildman–Crippen MR) is 82.6 cm³/mol. The van der Waals surface area contributed by atoms with Gasteiger partial charge in [0.2, 0.25) is 0 Å². The first-order chi connectivity index (χ1) is 9.78. The fourth-order valence-corrected chi connectivity index (χ4v) is 3.31. The van der Waals surface area contributed by atoms with Crippen molar-refractivity contribution in [2.24, 2.45) is 11.7 Å². The minimum absolute atomic E-state index is 0.350. The van der Waals surface area contributed by atoms with Crippen molar-refractivity contribution in [3.63, 3.8) is 0 Å². The number of para-hydroxylation sites is 1. The highest BCUT2D eigenvalue weighted by Gasteiger charge is 2.25. The summed E-state index contributed by atoms with van der Waals surface area (Å²) in [6.07, 6.45) is 3.74. The molecule has 1 saturated heterocycles. The Hall–Kier alpha value is -1.32. The summed E-state index contributed by atoms with van der Waals surface area (Å²) < 4.78 is 6.01. The molecule has 2 N–H and O–H groups in total. The lowest BCUT2D eigenvalue weighted by atomic mass is 9.93. The van der Waals surface area contributed by atoms with Crippen molar-refractivity contribution >= 4 is 11.0 Å². The molecule has 3 nitrogen and oxygen atoms in total. The average molecular weight is 272 g/mol. The van der Waals surface area contributed by atoms with Crippen LogP contribution in [0.5, 0.6) is 0 Å². The molecule has 1 aliphatic rings. The number of nitrogens with two attached hydrogens (primary N) is 1. The maximum absolute atomic E-state index is 6.01. The summed E-state index contributed by atoms with van der Waals surface area (Å²) in [6.45, 7) is 5.37. The second-order valence-electron chi connectivity index (χ2n) is 5.94. The molecule has 2 aromatic rings. The van der Waals surface area contributed by atoms with Crippen LogP contribution >= 0.6 is 0 Å². The molecule has 1 aliphatic heterocycles. The largest absolute Gasteiger partial charge is 0.459 e. The van der Waals surface area contributed by atoms with Gasteiger partial charge in [0.15, 0.2) is 0 Å². The number of fused-ring (bicyclic) bond motifs is 1. The van der Waals surface area contributed by atoms with E-state index in [0.29, 0.717) is 6.04 Å². The van der Waals surface area contributed by atoms with E-state index in [1.165, 1.54) is 24.8 Å². The molecule has 0 saturated carbocycles. The molecule has 20 heavy (non-hydrogen) atoms. The zero-order chi connectivity index (χ0) is 13.9. The highest BCUT2D eigenvalue weighted by molar-refractivity contribution is 5.77. The van der Waals surface area contributed by atoms with Crippen LogP contribution in [-0.4, -0.2) is 24.5 Å². The van der Waals surface area contributed by atoms with E-state index in [0.717, 1.165) is 36.8 Å². The second kappa shape index (κ2) is 5.98. The van der Waals surface area contributed by atoms with Gasteiger partial charge in [-0.15, -0.1) is 0 Å². The predicted octanol–water partition coefficient (Wildman–Crippen LogP) is 3.55. The van der Waals surface area contributed by atoms with Gasteiger partial charge in [-0.2, -0.15) is 0 Å². The molecule has 0 radical (unpaired) electrons. The number of furan rings is 1. The Morgan fingerprint density at radius 1 is 1.40 bits per heavy atom. The van der Waals surface area contributed by atoms with Gasteiger partial charge in [-0.3, -0.25) is 4.90 Å². The number of hydrogen-bond donors (Lipinski definition) is 1. The summed E-state index contributed by atoms with van der Waals surface area (Å²) >= 11 is 0. The Morgan fingerprint density at radius 3 is 3.05 bits per heavy atom. The van der Waals surface area contributed by atoms with Crippen molar-refractivity contribution in [1.82, 2.24) is 4.90 Å². The molecule has 1 aromatic carbocycles. The zero-order valence-electron chi connectivity index (χ0n) is 12.2. The second-order valence-corrected chi connectivity index (χ2v) is 5.94. The minimum atomic E-state index is 0.350. The fraction of sp³-hybridized carbons (Fsp3) is 0.529. The summed E-state index contributed by atoms with van der Waals surface area (Å²) in [5.41, 5.74) is 6.70. The van der Waals surface area contributed by atoms with E-state index in [-0.39, 0.29) is 0 Å². The standard InChI is InChI=1S/C17H24N2O/c1-13(19-10-4-5-14(12-19)8-9-18)17-11-15-6-2-3-7-16(15)20-17/h2-3,6-7,11,13-14H,4-5,8-10,12,18H2,1H3. The van der Waals surface area contributed by atoms with Crippen LogP contribution in [0.4, 0.5) is 0 Å². The maximum atomic E-state index is 6.01. The monoisotopic (exact) mass is 272 g/mol. The van der Waals surface area contributed by atoms with E-state index in [1.807, 2.05) is 12.1 Å². The molecule has 2 atom stereocenters. The van der Waals surface area contributed by atoms with Crippen LogP contribution in [0.1, 0.15) is 38.0 Å². The van der Waals surface area contributed by atoms with E-state index in [1.54, 1.807) is 0 Å². The molecule has 0 amide bonds. The molecule has 108 valence electrons. The molecule has 2 unspecified atom stereocenters. The van der Waals surface area contributed by atoms with Crippen molar-refractivity contribution in [3.8, 4) is 0 Å². The molecule has 0 spiro atoms. The van der Waals surface area contributed by atoms with Crippen LogP contribution in [0.15, 0.2) is 34.7 Å². The van der Waals surface area contributed by atoms with Gasteiger partial charge in [0, 0.05) is 11.9 Å². The van der Waals surface area contributed by atoms with Crippen molar-refractivity contribution in [2.45, 2.75) is 32.2 Å². The topological polar surface area (TPSA) is 42.4 Å². The normalized spacial score (nSPS) is 22.2. The number of rotatable bonds is 4. The maximum Gasteiger partial charge on any atom is 0.134 e. The van der Waals surface area contributed by atoms with Crippen LogP contribution in [0.2, 0.25) is 0 Å². The van der Waals surface area contributed by atoms with Crippen molar-refractivity contribution < 1.29 is 4.42 Å². The molecule has 1 aromatic heterocycles. The Morgan fingerprint density at radius 2 is 2.25 bits per heavy atom. The first-order valence-corrected chi connectivity index (χ1v) is 7.70. The summed E-state index contributed by atoms with van der Waals surface area (Å²) in [4.78, 5) is 2.54. The number of hydrogen-bond acceptors (Lipinski definition) is 3. The highest BCUT2D eigenvalue weighted by Crippen LogP contribution is 2.31. The molecule has 2 heterocycles. The molecule has 0 aliphatic carbocycles. The van der Waals surface area contributed by atoms with Gasteiger partial charge in [0.05, 0.1) is 6.04 Å². The molecular formula is C17H24N2O. The molecule has 0 bridgehead atoms. The van der Waals surface area contributed by atoms with Gasteiger partial charge in [-0.05, 0) is 57.3 Å². The smallest absolute Gasteiger partial charge is 0.134 e. The van der Waals surface area contributed by atoms with E-state index in [2.05, 4.69) is 30.0 Å². The van der Waals surface area contributed by atoms with E-state index < -0.39 is 0 Å². The molecule has 3 heteroatoms. The third kappa shape index (κ3) is 2.74. The van der Waals surface area contributed by atoms with E-state index in [4.69, 9.17) is 10.2 Å². The lowest BCUT2D eigenvalue weighted by Crippen LogP contribution is -2.37. The van der Waals surface area contributed by atoms with Gasteiger partial charge >= 0.3 is 0 Å². The lowest BCUT2D eigenvalue weighted by Gasteiger charge is -2.35. The number of benzene rings is 1.